The van der Waals surface area contributed by atoms with Crippen LogP contribution in [0, 0.1) is 0 Å². The summed E-state index contributed by atoms with van der Waals surface area (Å²) in [6, 6.07) is 16.3. The Hall–Kier alpha value is -2.73. The van der Waals surface area contributed by atoms with E-state index in [0.717, 1.165) is 5.56 Å². The minimum Gasteiger partial charge on any atom is -0.508 e. The molecule has 0 amide bonds. The number of nitrogens with two attached hydrogens (primary N) is 1. The highest BCUT2D eigenvalue weighted by atomic mass is 32.1. The molecule has 21 heavy (non-hydrogen) atoms. The van der Waals surface area contributed by atoms with E-state index in [2.05, 4.69) is 15.2 Å². The van der Waals surface area contributed by atoms with Crippen molar-refractivity contribution in [2.45, 2.75) is 0 Å². The molecular weight excluding hydrogens is 284 g/mol. The molecule has 0 spiro atoms. The first-order valence-electron chi connectivity index (χ1n) is 6.25. The Morgan fingerprint density at radius 3 is 2.57 bits per heavy atom. The van der Waals surface area contributed by atoms with Crippen LogP contribution in [-0.4, -0.2) is 10.1 Å². The lowest BCUT2D eigenvalue weighted by atomic mass is 10.2. The van der Waals surface area contributed by atoms with Crippen LogP contribution in [0.15, 0.2) is 64.8 Å². The summed E-state index contributed by atoms with van der Waals surface area (Å²) in [5.74, 6) is 0.151. The fraction of sp³-hybridized carbons (Fsp3) is 0. The third kappa shape index (κ3) is 3.06. The van der Waals surface area contributed by atoms with Gasteiger partial charge in [-0.3, -0.25) is 0 Å². The number of hydrogen-bond acceptors (Lipinski definition) is 6. The van der Waals surface area contributed by atoms with Gasteiger partial charge in [-0.2, -0.15) is 0 Å². The van der Waals surface area contributed by atoms with Gasteiger partial charge >= 0.3 is 0 Å². The minimum atomic E-state index is 0.151. The van der Waals surface area contributed by atoms with E-state index >= 15 is 0 Å². The number of benzene rings is 2. The fourth-order valence-electron chi connectivity index (χ4n) is 1.84. The third-order valence-corrected chi connectivity index (χ3v) is 3.53. The average molecular weight is 296 g/mol. The van der Waals surface area contributed by atoms with E-state index in [1.165, 1.54) is 17.4 Å². The Bertz CT molecular complexity index is 783. The summed E-state index contributed by atoms with van der Waals surface area (Å²) in [6.07, 6.45) is 0. The molecule has 0 radical (unpaired) electrons. The molecule has 0 aliphatic heterocycles. The van der Waals surface area contributed by atoms with Crippen LogP contribution >= 0.6 is 11.3 Å². The summed E-state index contributed by atoms with van der Waals surface area (Å²) in [5.41, 5.74) is 8.00. The standard InChI is InChI=1S/C15H12N4OS/c16-15-17-13(10-5-2-1-3-6-10)14(21-15)19-18-11-7-4-8-12(20)9-11/h1-9,20H,(H2,16,17). The van der Waals surface area contributed by atoms with Crippen molar-refractivity contribution in [2.24, 2.45) is 10.2 Å². The van der Waals surface area contributed by atoms with E-state index in [0.29, 0.717) is 21.5 Å². The Morgan fingerprint density at radius 1 is 1.00 bits per heavy atom. The molecule has 0 aliphatic carbocycles. The number of phenolic OH excluding ortho intramolecular Hbond substituents is 1. The van der Waals surface area contributed by atoms with Crippen molar-refractivity contribution in [3.8, 4) is 17.0 Å². The largest absolute Gasteiger partial charge is 0.508 e. The number of nitrogens with zero attached hydrogens (tertiary/aromatic N) is 3. The molecule has 6 heteroatoms. The van der Waals surface area contributed by atoms with Gasteiger partial charge in [-0.15, -0.1) is 10.2 Å². The number of rotatable bonds is 3. The summed E-state index contributed by atoms with van der Waals surface area (Å²) in [7, 11) is 0. The average Bonchev–Trinajstić information content (AvgIpc) is 2.87. The van der Waals surface area contributed by atoms with Crippen molar-refractivity contribution < 1.29 is 5.11 Å². The Morgan fingerprint density at radius 2 is 1.81 bits per heavy atom. The van der Waals surface area contributed by atoms with Gasteiger partial charge in [0.05, 0.1) is 5.69 Å². The number of hydrogen-bond donors (Lipinski definition) is 2. The molecule has 0 saturated carbocycles. The van der Waals surface area contributed by atoms with E-state index in [-0.39, 0.29) is 5.75 Å². The first-order chi connectivity index (χ1) is 10.2. The summed E-state index contributed by atoms with van der Waals surface area (Å²) in [6.45, 7) is 0. The van der Waals surface area contributed by atoms with E-state index in [4.69, 9.17) is 5.73 Å². The molecule has 3 aromatic rings. The SMILES string of the molecule is Nc1nc(-c2ccccc2)c(N=Nc2cccc(O)c2)s1. The van der Waals surface area contributed by atoms with Gasteiger partial charge in [-0.1, -0.05) is 47.7 Å². The normalized spacial score (nSPS) is 11.0. The second kappa shape index (κ2) is 5.72. The van der Waals surface area contributed by atoms with Gasteiger partial charge in [0.25, 0.3) is 0 Å². The maximum atomic E-state index is 9.42. The summed E-state index contributed by atoms with van der Waals surface area (Å²) in [4.78, 5) is 4.30. The zero-order valence-corrected chi connectivity index (χ0v) is 11.8. The Labute approximate surface area is 125 Å². The molecule has 0 fully saturated rings. The predicted molar refractivity (Wildman–Crippen MR) is 84.2 cm³/mol. The summed E-state index contributed by atoms with van der Waals surface area (Å²) in [5, 5.41) is 18.8. The number of aromatic hydroxyl groups is 1. The zero-order chi connectivity index (χ0) is 14.7. The zero-order valence-electron chi connectivity index (χ0n) is 11.0. The van der Waals surface area contributed by atoms with Gasteiger partial charge in [0.15, 0.2) is 10.1 Å². The lowest BCUT2D eigenvalue weighted by molar-refractivity contribution is 0.475. The smallest absolute Gasteiger partial charge is 0.182 e. The molecule has 1 heterocycles. The highest BCUT2D eigenvalue weighted by Crippen LogP contribution is 2.37. The van der Waals surface area contributed by atoms with Crippen LogP contribution < -0.4 is 5.73 Å². The molecule has 0 bridgehead atoms. The van der Waals surface area contributed by atoms with Gasteiger partial charge in [-0.25, -0.2) is 4.98 Å². The quantitative estimate of drug-likeness (QED) is 0.697. The number of azo groups is 1. The predicted octanol–water partition coefficient (Wildman–Crippen LogP) is 4.51. The minimum absolute atomic E-state index is 0.151. The van der Waals surface area contributed by atoms with Crippen molar-refractivity contribution in [1.29, 1.82) is 0 Å². The number of thiazole rings is 1. The molecule has 3 rings (SSSR count). The van der Waals surface area contributed by atoms with Crippen LogP contribution in [0.2, 0.25) is 0 Å². The molecule has 1 aromatic heterocycles. The Balaban J connectivity index is 1.96. The first-order valence-corrected chi connectivity index (χ1v) is 7.06. The van der Waals surface area contributed by atoms with Gasteiger partial charge in [0, 0.05) is 11.6 Å². The Kier molecular flexibility index (Phi) is 3.61. The molecule has 3 N–H and O–H groups in total. The lowest BCUT2D eigenvalue weighted by Crippen LogP contribution is -1.82. The van der Waals surface area contributed by atoms with Gasteiger partial charge in [0.1, 0.15) is 11.4 Å². The topological polar surface area (TPSA) is 83.9 Å². The number of phenols is 1. The van der Waals surface area contributed by atoms with Crippen LogP contribution in [0.4, 0.5) is 15.8 Å². The number of aromatic nitrogens is 1. The van der Waals surface area contributed by atoms with Crippen molar-refractivity contribution in [1.82, 2.24) is 4.98 Å². The van der Waals surface area contributed by atoms with E-state index < -0.39 is 0 Å². The molecule has 0 unspecified atom stereocenters. The maximum absolute atomic E-state index is 9.42. The highest BCUT2D eigenvalue weighted by molar-refractivity contribution is 7.19. The molecular formula is C15H12N4OS. The number of nitrogen functional groups attached to an aromatic ring is 1. The number of anilines is 1. The van der Waals surface area contributed by atoms with Crippen LogP contribution in [0.5, 0.6) is 5.75 Å². The molecule has 5 nitrogen and oxygen atoms in total. The van der Waals surface area contributed by atoms with Gasteiger partial charge in [-0.05, 0) is 12.1 Å². The van der Waals surface area contributed by atoms with Crippen molar-refractivity contribution in [3.63, 3.8) is 0 Å². The molecule has 2 aromatic carbocycles. The van der Waals surface area contributed by atoms with Gasteiger partial charge in [0.2, 0.25) is 0 Å². The summed E-state index contributed by atoms with van der Waals surface area (Å²) >= 11 is 1.28. The fourth-order valence-corrected chi connectivity index (χ4v) is 2.52. The van der Waals surface area contributed by atoms with E-state index in [1.807, 2.05) is 30.3 Å². The highest BCUT2D eigenvalue weighted by Gasteiger charge is 2.11. The van der Waals surface area contributed by atoms with E-state index in [1.54, 1.807) is 18.2 Å². The van der Waals surface area contributed by atoms with Crippen LogP contribution in [-0.2, 0) is 0 Å². The molecule has 0 saturated heterocycles. The van der Waals surface area contributed by atoms with E-state index in [9.17, 15) is 5.11 Å². The van der Waals surface area contributed by atoms with Crippen LogP contribution in [0.25, 0.3) is 11.3 Å². The molecule has 104 valence electrons. The van der Waals surface area contributed by atoms with Crippen molar-refractivity contribution in [2.75, 3.05) is 5.73 Å². The van der Waals surface area contributed by atoms with Crippen molar-refractivity contribution >= 4 is 27.2 Å². The van der Waals surface area contributed by atoms with Gasteiger partial charge < -0.3 is 10.8 Å². The monoisotopic (exact) mass is 296 g/mol. The molecule has 0 atom stereocenters. The molecule has 0 aliphatic rings. The third-order valence-electron chi connectivity index (χ3n) is 2.76. The van der Waals surface area contributed by atoms with Crippen LogP contribution in [0.1, 0.15) is 0 Å². The van der Waals surface area contributed by atoms with Crippen LogP contribution in [0.3, 0.4) is 0 Å². The lowest BCUT2D eigenvalue weighted by Gasteiger charge is -1.97. The second-order valence-corrected chi connectivity index (χ2v) is 5.30. The van der Waals surface area contributed by atoms with Crippen molar-refractivity contribution in [3.05, 3.63) is 54.6 Å². The maximum Gasteiger partial charge on any atom is 0.182 e. The second-order valence-electron chi connectivity index (χ2n) is 4.29. The summed E-state index contributed by atoms with van der Waals surface area (Å²) < 4.78 is 0. The first kappa shape index (κ1) is 13.3.